The van der Waals surface area contributed by atoms with Crippen molar-refractivity contribution in [3.8, 4) is 28.6 Å². The lowest BCUT2D eigenvalue weighted by molar-refractivity contribution is 0.340. The summed E-state index contributed by atoms with van der Waals surface area (Å²) in [6.07, 6.45) is 5.68. The van der Waals surface area contributed by atoms with Crippen molar-refractivity contribution in [1.29, 1.82) is 0 Å². The molecule has 3 aromatic carbocycles. The van der Waals surface area contributed by atoms with E-state index in [0.717, 1.165) is 16.9 Å². The summed E-state index contributed by atoms with van der Waals surface area (Å²) in [7, 11) is 3.19. The minimum Gasteiger partial charge on any atom is -0.609 e. The van der Waals surface area contributed by atoms with Crippen LogP contribution in [0.2, 0.25) is 0 Å². The average Bonchev–Trinajstić information content (AvgIpc) is 3.69. The standard InChI is InChI=1S/C32H32FN3O4S/c1-32(2,23-7-16-28(38-3)29(21-23)39-4)30-22-34-31(36(30)26-10-8-24(33)9-11-26)41(37)20-19-40-27-14-12-25(13-15-27)35-17-5-6-18-35/h5-18,21-22H,19-20H2,1-4H3. The quantitative estimate of drug-likeness (QED) is 0.173. The van der Waals surface area contributed by atoms with Crippen molar-refractivity contribution in [3.63, 3.8) is 0 Å². The van der Waals surface area contributed by atoms with Crippen LogP contribution in [0.4, 0.5) is 4.39 Å². The zero-order chi connectivity index (χ0) is 29.0. The maximum absolute atomic E-state index is 13.8. The van der Waals surface area contributed by atoms with Crippen molar-refractivity contribution in [2.24, 2.45) is 0 Å². The van der Waals surface area contributed by atoms with E-state index in [9.17, 15) is 8.94 Å². The molecule has 0 fully saturated rings. The molecule has 0 aliphatic carbocycles. The van der Waals surface area contributed by atoms with Crippen LogP contribution in [0.25, 0.3) is 11.4 Å². The third-order valence-electron chi connectivity index (χ3n) is 7.04. The molecule has 212 valence electrons. The van der Waals surface area contributed by atoms with E-state index in [4.69, 9.17) is 14.2 Å². The second kappa shape index (κ2) is 12.1. The normalized spacial score (nSPS) is 12.2. The van der Waals surface area contributed by atoms with E-state index in [1.165, 1.54) is 12.1 Å². The summed E-state index contributed by atoms with van der Waals surface area (Å²) in [4.78, 5) is 4.60. The van der Waals surface area contributed by atoms with Crippen LogP contribution in [0.3, 0.4) is 0 Å². The van der Waals surface area contributed by atoms with Gasteiger partial charge in [0.2, 0.25) is 0 Å². The second-order valence-corrected chi connectivity index (χ2v) is 11.4. The van der Waals surface area contributed by atoms with Crippen LogP contribution in [0.5, 0.6) is 17.2 Å². The van der Waals surface area contributed by atoms with Gasteiger partial charge in [-0.1, -0.05) is 19.9 Å². The van der Waals surface area contributed by atoms with E-state index in [1.807, 2.05) is 76.1 Å². The molecule has 0 saturated heterocycles. The Bertz CT molecular complexity index is 1580. The van der Waals surface area contributed by atoms with Crippen LogP contribution >= 0.6 is 0 Å². The highest BCUT2D eigenvalue weighted by atomic mass is 32.2. The van der Waals surface area contributed by atoms with Gasteiger partial charge in [-0.25, -0.2) is 4.39 Å². The zero-order valence-electron chi connectivity index (χ0n) is 23.4. The van der Waals surface area contributed by atoms with Gasteiger partial charge in [0.05, 0.1) is 31.8 Å². The van der Waals surface area contributed by atoms with E-state index >= 15 is 0 Å². The van der Waals surface area contributed by atoms with Gasteiger partial charge < -0.3 is 23.3 Å². The summed E-state index contributed by atoms with van der Waals surface area (Å²) in [5.41, 5.74) is 2.85. The predicted molar refractivity (Wildman–Crippen MR) is 158 cm³/mol. The smallest absolute Gasteiger partial charge is 0.328 e. The van der Waals surface area contributed by atoms with Gasteiger partial charge in [0.25, 0.3) is 0 Å². The first-order chi connectivity index (χ1) is 19.8. The average molecular weight is 574 g/mol. The van der Waals surface area contributed by atoms with Crippen molar-refractivity contribution in [2.75, 3.05) is 26.6 Å². The van der Waals surface area contributed by atoms with Crippen LogP contribution in [-0.2, 0) is 16.6 Å². The summed E-state index contributed by atoms with van der Waals surface area (Å²) in [6.45, 7) is 4.34. The Hall–Kier alpha value is -4.21. The Labute approximate surface area is 242 Å². The molecule has 0 aliphatic rings. The summed E-state index contributed by atoms with van der Waals surface area (Å²) < 4.78 is 48.2. The number of nitrogens with zero attached hydrogens (tertiary/aromatic N) is 3. The number of halogens is 1. The Morgan fingerprint density at radius 2 is 1.54 bits per heavy atom. The fourth-order valence-corrected chi connectivity index (χ4v) is 5.69. The fourth-order valence-electron chi connectivity index (χ4n) is 4.70. The molecule has 0 bridgehead atoms. The number of aromatic nitrogens is 3. The lowest BCUT2D eigenvalue weighted by Gasteiger charge is -2.28. The monoisotopic (exact) mass is 573 g/mol. The molecule has 9 heteroatoms. The minimum atomic E-state index is -1.50. The highest BCUT2D eigenvalue weighted by Crippen LogP contribution is 2.39. The third-order valence-corrected chi connectivity index (χ3v) is 8.27. The summed E-state index contributed by atoms with van der Waals surface area (Å²) >= 11 is -1.50. The first-order valence-electron chi connectivity index (χ1n) is 13.1. The van der Waals surface area contributed by atoms with Gasteiger partial charge in [-0.3, -0.25) is 4.57 Å². The minimum absolute atomic E-state index is 0.230. The topological polar surface area (TPSA) is 73.5 Å². The lowest BCUT2D eigenvalue weighted by Crippen LogP contribution is -2.25. The Kier molecular flexibility index (Phi) is 8.37. The predicted octanol–water partition coefficient (Wildman–Crippen LogP) is 6.33. The van der Waals surface area contributed by atoms with E-state index in [0.29, 0.717) is 28.1 Å². The van der Waals surface area contributed by atoms with Crippen molar-refractivity contribution >= 4 is 11.2 Å². The molecule has 1 unspecified atom stereocenters. The molecule has 1 atom stereocenters. The fraction of sp³-hybridized carbons (Fsp3) is 0.219. The van der Waals surface area contributed by atoms with Crippen LogP contribution in [0.1, 0.15) is 25.1 Å². The van der Waals surface area contributed by atoms with Crippen LogP contribution < -0.4 is 14.2 Å². The molecule has 0 saturated carbocycles. The second-order valence-electron chi connectivity index (χ2n) is 9.91. The highest BCUT2D eigenvalue weighted by Gasteiger charge is 2.33. The Morgan fingerprint density at radius 3 is 2.20 bits per heavy atom. The molecule has 0 spiro atoms. The van der Waals surface area contributed by atoms with E-state index < -0.39 is 16.6 Å². The molecule has 0 N–H and O–H groups in total. The van der Waals surface area contributed by atoms with Gasteiger partial charge in [-0.05, 0) is 78.4 Å². The third kappa shape index (κ3) is 5.96. The number of hydrogen-bond acceptors (Lipinski definition) is 5. The molecule has 41 heavy (non-hydrogen) atoms. The number of hydrogen-bond donors (Lipinski definition) is 0. The zero-order valence-corrected chi connectivity index (χ0v) is 24.2. The highest BCUT2D eigenvalue weighted by molar-refractivity contribution is 7.91. The van der Waals surface area contributed by atoms with Crippen LogP contribution in [0.15, 0.2) is 103 Å². The van der Waals surface area contributed by atoms with E-state index in [2.05, 4.69) is 18.8 Å². The molecule has 5 aromatic rings. The van der Waals surface area contributed by atoms with Crippen LogP contribution in [0, 0.1) is 5.82 Å². The molecular formula is C32H32FN3O4S. The van der Waals surface area contributed by atoms with Crippen molar-refractivity contribution < 1.29 is 23.2 Å². The number of benzene rings is 3. The van der Waals surface area contributed by atoms with Crippen molar-refractivity contribution in [3.05, 3.63) is 115 Å². The summed E-state index contributed by atoms with van der Waals surface area (Å²) in [5.74, 6) is 1.80. The molecule has 0 aliphatic heterocycles. The van der Waals surface area contributed by atoms with E-state index in [1.54, 1.807) is 32.5 Å². The van der Waals surface area contributed by atoms with Gasteiger partial charge in [-0.15, -0.1) is 0 Å². The maximum Gasteiger partial charge on any atom is 0.328 e. The summed E-state index contributed by atoms with van der Waals surface area (Å²) in [6, 6.07) is 23.5. The first-order valence-corrected chi connectivity index (χ1v) is 14.4. The van der Waals surface area contributed by atoms with E-state index in [-0.39, 0.29) is 18.2 Å². The van der Waals surface area contributed by atoms with Gasteiger partial charge >= 0.3 is 5.16 Å². The maximum atomic E-state index is 13.8. The Balaban J connectivity index is 1.40. The molecule has 5 rings (SSSR count). The molecule has 7 nitrogen and oxygen atoms in total. The SMILES string of the molecule is COc1ccc(C(C)(C)c2cnc([S+]([O-])CCOc3ccc(-n4cccc4)cc3)n2-c2ccc(F)cc2)cc1OC. The van der Waals surface area contributed by atoms with Gasteiger partial charge in [0.1, 0.15) is 23.9 Å². The molecular weight excluding hydrogens is 541 g/mol. The molecule has 0 amide bonds. The van der Waals surface area contributed by atoms with Gasteiger partial charge in [0, 0.05) is 34.7 Å². The van der Waals surface area contributed by atoms with Crippen LogP contribution in [-0.4, -0.2) is 45.3 Å². The molecule has 2 aromatic heterocycles. The van der Waals surface area contributed by atoms with Crippen molar-refractivity contribution in [1.82, 2.24) is 14.1 Å². The molecule has 0 radical (unpaired) electrons. The van der Waals surface area contributed by atoms with Gasteiger partial charge in [-0.2, -0.15) is 4.98 Å². The Morgan fingerprint density at radius 1 is 0.878 bits per heavy atom. The lowest BCUT2D eigenvalue weighted by atomic mass is 9.81. The number of rotatable bonds is 11. The molecule has 2 heterocycles. The van der Waals surface area contributed by atoms with Gasteiger partial charge in [0.15, 0.2) is 11.5 Å². The van der Waals surface area contributed by atoms with Crippen molar-refractivity contribution in [2.45, 2.75) is 24.4 Å². The number of methoxy groups -OCH3 is 2. The summed E-state index contributed by atoms with van der Waals surface area (Å²) in [5, 5.41) is 0.367. The first kappa shape index (κ1) is 28.3. The number of ether oxygens (including phenoxy) is 3. The largest absolute Gasteiger partial charge is 0.609 e. The number of imidazole rings is 1.